The van der Waals surface area contributed by atoms with Crippen LogP contribution in [0, 0.1) is 5.82 Å². The SMILES string of the molecule is COC(=O)c1cc(F)cnc1Nc1ccccc1. The Hall–Kier alpha value is -2.43. The van der Waals surface area contributed by atoms with Crippen molar-refractivity contribution in [2.24, 2.45) is 0 Å². The van der Waals surface area contributed by atoms with Crippen LogP contribution in [-0.4, -0.2) is 18.1 Å². The Morgan fingerprint density at radius 1 is 1.33 bits per heavy atom. The summed E-state index contributed by atoms with van der Waals surface area (Å²) in [5.74, 6) is -0.969. The summed E-state index contributed by atoms with van der Waals surface area (Å²) in [7, 11) is 1.24. The van der Waals surface area contributed by atoms with E-state index >= 15 is 0 Å². The molecule has 0 saturated heterocycles. The molecule has 0 atom stereocenters. The van der Waals surface area contributed by atoms with Crippen molar-refractivity contribution in [1.82, 2.24) is 4.98 Å². The maximum atomic E-state index is 13.1. The summed E-state index contributed by atoms with van der Waals surface area (Å²) in [5, 5.41) is 2.94. The molecule has 18 heavy (non-hydrogen) atoms. The van der Waals surface area contributed by atoms with Gasteiger partial charge < -0.3 is 10.1 Å². The maximum Gasteiger partial charge on any atom is 0.341 e. The van der Waals surface area contributed by atoms with Crippen molar-refractivity contribution in [2.45, 2.75) is 0 Å². The van der Waals surface area contributed by atoms with Gasteiger partial charge in [0, 0.05) is 5.69 Å². The van der Waals surface area contributed by atoms with E-state index < -0.39 is 11.8 Å². The van der Waals surface area contributed by atoms with Gasteiger partial charge in [0.15, 0.2) is 0 Å². The van der Waals surface area contributed by atoms with Crippen LogP contribution in [0.3, 0.4) is 0 Å². The Bertz CT molecular complexity index is 558. The number of methoxy groups -OCH3 is 1. The van der Waals surface area contributed by atoms with E-state index in [2.05, 4.69) is 15.0 Å². The zero-order valence-corrected chi connectivity index (χ0v) is 9.68. The number of hydrogen-bond donors (Lipinski definition) is 1. The number of nitrogens with one attached hydrogen (secondary N) is 1. The minimum atomic E-state index is -0.638. The van der Waals surface area contributed by atoms with E-state index in [1.807, 2.05) is 30.3 Å². The van der Waals surface area contributed by atoms with Crippen LogP contribution in [0.1, 0.15) is 10.4 Å². The summed E-state index contributed by atoms with van der Waals surface area (Å²) in [4.78, 5) is 15.4. The number of anilines is 2. The van der Waals surface area contributed by atoms with Crippen LogP contribution in [0.15, 0.2) is 42.6 Å². The molecule has 0 aliphatic heterocycles. The molecule has 5 heteroatoms. The smallest absolute Gasteiger partial charge is 0.341 e. The highest BCUT2D eigenvalue weighted by Gasteiger charge is 2.14. The maximum absolute atomic E-state index is 13.1. The van der Waals surface area contributed by atoms with Crippen LogP contribution in [0.5, 0.6) is 0 Å². The average Bonchev–Trinajstić information content (AvgIpc) is 2.41. The van der Waals surface area contributed by atoms with E-state index in [-0.39, 0.29) is 11.4 Å². The molecule has 92 valence electrons. The number of benzene rings is 1. The van der Waals surface area contributed by atoms with E-state index in [1.54, 1.807) is 0 Å². The summed E-state index contributed by atoms with van der Waals surface area (Å²) in [6.07, 6.45) is 1.04. The third kappa shape index (κ3) is 2.63. The van der Waals surface area contributed by atoms with Crippen LogP contribution in [-0.2, 0) is 4.74 Å². The summed E-state index contributed by atoms with van der Waals surface area (Å²) >= 11 is 0. The molecule has 0 bridgehead atoms. The zero-order valence-electron chi connectivity index (χ0n) is 9.68. The van der Waals surface area contributed by atoms with Crippen LogP contribution in [0.2, 0.25) is 0 Å². The lowest BCUT2D eigenvalue weighted by molar-refractivity contribution is 0.0601. The Morgan fingerprint density at radius 3 is 2.72 bits per heavy atom. The lowest BCUT2D eigenvalue weighted by atomic mass is 10.2. The van der Waals surface area contributed by atoms with Gasteiger partial charge in [-0.15, -0.1) is 0 Å². The van der Waals surface area contributed by atoms with Crippen LogP contribution in [0.25, 0.3) is 0 Å². The second-order valence-corrected chi connectivity index (χ2v) is 3.53. The molecule has 0 aliphatic rings. The minimum Gasteiger partial charge on any atom is -0.465 e. The first-order chi connectivity index (χ1) is 8.70. The predicted octanol–water partition coefficient (Wildman–Crippen LogP) is 2.75. The Morgan fingerprint density at radius 2 is 2.06 bits per heavy atom. The Kier molecular flexibility index (Phi) is 3.52. The molecular formula is C13H11FN2O2. The molecule has 0 saturated carbocycles. The van der Waals surface area contributed by atoms with Crippen molar-refractivity contribution in [3.63, 3.8) is 0 Å². The van der Waals surface area contributed by atoms with Crippen LogP contribution in [0.4, 0.5) is 15.9 Å². The first kappa shape index (κ1) is 12.0. The number of ether oxygens (including phenoxy) is 1. The second kappa shape index (κ2) is 5.27. The number of hydrogen-bond acceptors (Lipinski definition) is 4. The van der Waals surface area contributed by atoms with Gasteiger partial charge in [0.1, 0.15) is 17.2 Å². The third-order valence-electron chi connectivity index (χ3n) is 2.30. The molecule has 0 radical (unpaired) electrons. The van der Waals surface area contributed by atoms with Crippen LogP contribution < -0.4 is 5.32 Å². The number of carbonyl (C=O) groups is 1. The molecule has 0 unspecified atom stereocenters. The molecule has 2 aromatic rings. The van der Waals surface area contributed by atoms with Gasteiger partial charge in [0.2, 0.25) is 0 Å². The third-order valence-corrected chi connectivity index (χ3v) is 2.30. The number of carbonyl (C=O) groups excluding carboxylic acids is 1. The Balaban J connectivity index is 2.35. The summed E-state index contributed by atoms with van der Waals surface area (Å²) < 4.78 is 17.7. The van der Waals surface area contributed by atoms with Crippen molar-refractivity contribution in [3.05, 3.63) is 54.0 Å². The number of halogens is 1. The fourth-order valence-electron chi connectivity index (χ4n) is 1.46. The van der Waals surface area contributed by atoms with Gasteiger partial charge in [0.05, 0.1) is 13.3 Å². The summed E-state index contributed by atoms with van der Waals surface area (Å²) in [5.41, 5.74) is 0.808. The fourth-order valence-corrected chi connectivity index (χ4v) is 1.46. The van der Waals surface area contributed by atoms with Gasteiger partial charge in [-0.05, 0) is 18.2 Å². The highest BCUT2D eigenvalue weighted by atomic mass is 19.1. The molecule has 2 rings (SSSR count). The predicted molar refractivity (Wildman–Crippen MR) is 65.3 cm³/mol. The molecule has 0 amide bonds. The molecule has 0 spiro atoms. The van der Waals surface area contributed by atoms with E-state index in [0.717, 1.165) is 18.0 Å². The molecular weight excluding hydrogens is 235 g/mol. The van der Waals surface area contributed by atoms with Crippen LogP contribution >= 0.6 is 0 Å². The highest BCUT2D eigenvalue weighted by molar-refractivity contribution is 5.95. The molecule has 4 nitrogen and oxygen atoms in total. The molecule has 1 heterocycles. The van der Waals surface area contributed by atoms with Crippen molar-refractivity contribution in [3.8, 4) is 0 Å². The minimum absolute atomic E-state index is 0.0568. The molecule has 1 aromatic carbocycles. The highest BCUT2D eigenvalue weighted by Crippen LogP contribution is 2.19. The molecule has 0 fully saturated rings. The number of aromatic nitrogens is 1. The van der Waals surface area contributed by atoms with E-state index in [1.165, 1.54) is 7.11 Å². The fraction of sp³-hybridized carbons (Fsp3) is 0.0769. The number of esters is 1. The van der Waals surface area contributed by atoms with E-state index in [4.69, 9.17) is 0 Å². The average molecular weight is 246 g/mol. The second-order valence-electron chi connectivity index (χ2n) is 3.53. The van der Waals surface area contributed by atoms with E-state index in [9.17, 15) is 9.18 Å². The Labute approximate surface area is 103 Å². The monoisotopic (exact) mass is 246 g/mol. The van der Waals surface area contributed by atoms with Gasteiger partial charge in [-0.2, -0.15) is 0 Å². The lowest BCUT2D eigenvalue weighted by Crippen LogP contribution is -2.08. The van der Waals surface area contributed by atoms with E-state index in [0.29, 0.717) is 0 Å². The van der Waals surface area contributed by atoms with Crippen molar-refractivity contribution < 1.29 is 13.9 Å². The first-order valence-electron chi connectivity index (χ1n) is 5.26. The largest absolute Gasteiger partial charge is 0.465 e. The number of para-hydroxylation sites is 1. The van der Waals surface area contributed by atoms with Gasteiger partial charge >= 0.3 is 5.97 Å². The van der Waals surface area contributed by atoms with Gasteiger partial charge in [-0.1, -0.05) is 18.2 Å². The topological polar surface area (TPSA) is 51.2 Å². The first-order valence-corrected chi connectivity index (χ1v) is 5.26. The van der Waals surface area contributed by atoms with Crippen molar-refractivity contribution in [1.29, 1.82) is 0 Å². The molecule has 0 aliphatic carbocycles. The lowest BCUT2D eigenvalue weighted by Gasteiger charge is -2.09. The summed E-state index contributed by atoms with van der Waals surface area (Å²) in [6, 6.07) is 10.3. The van der Waals surface area contributed by atoms with Crippen molar-refractivity contribution >= 4 is 17.5 Å². The normalized spacial score (nSPS) is 9.89. The molecule has 1 aromatic heterocycles. The number of pyridine rings is 1. The van der Waals surface area contributed by atoms with Gasteiger partial charge in [-0.3, -0.25) is 0 Å². The standard InChI is InChI=1S/C13H11FN2O2/c1-18-13(17)11-7-9(14)8-15-12(11)16-10-5-3-2-4-6-10/h2-8H,1H3,(H,15,16). The van der Waals surface area contributed by atoms with Gasteiger partial charge in [0.25, 0.3) is 0 Å². The number of rotatable bonds is 3. The quantitative estimate of drug-likeness (QED) is 0.846. The van der Waals surface area contributed by atoms with Gasteiger partial charge in [-0.25, -0.2) is 14.2 Å². The van der Waals surface area contributed by atoms with Crippen molar-refractivity contribution in [2.75, 3.05) is 12.4 Å². The number of nitrogens with zero attached hydrogens (tertiary/aromatic N) is 1. The summed E-state index contributed by atoms with van der Waals surface area (Å²) in [6.45, 7) is 0. The molecule has 1 N–H and O–H groups in total. The zero-order chi connectivity index (χ0) is 13.0.